The molecule has 1 fully saturated rings. The van der Waals surface area contributed by atoms with Crippen LogP contribution >= 0.6 is 0 Å². The molecule has 0 aromatic carbocycles. The molecule has 7 heteroatoms. The van der Waals surface area contributed by atoms with Gasteiger partial charge in [-0.25, -0.2) is 9.48 Å². The Bertz CT molecular complexity index is 467. The number of rotatable bonds is 5. The summed E-state index contributed by atoms with van der Waals surface area (Å²) in [5.41, 5.74) is -0.839. The molecule has 7 nitrogen and oxygen atoms in total. The molecule has 1 aliphatic heterocycles. The summed E-state index contributed by atoms with van der Waals surface area (Å²) in [5, 5.41) is 18.2. The number of hydrogen-bond acceptors (Lipinski definition) is 5. The van der Waals surface area contributed by atoms with Gasteiger partial charge in [-0.1, -0.05) is 19.1 Å². The van der Waals surface area contributed by atoms with E-state index in [1.54, 1.807) is 22.0 Å². The molecular formula is C15H26N4O3. The lowest BCUT2D eigenvalue weighted by Gasteiger charge is -2.37. The molecule has 1 aromatic rings. The second kappa shape index (κ2) is 7.09. The van der Waals surface area contributed by atoms with E-state index < -0.39 is 5.60 Å². The van der Waals surface area contributed by atoms with Crippen LogP contribution in [0.25, 0.3) is 0 Å². The minimum absolute atomic E-state index is 0.0801. The predicted molar refractivity (Wildman–Crippen MR) is 81.2 cm³/mol. The van der Waals surface area contributed by atoms with E-state index in [4.69, 9.17) is 4.74 Å². The molecule has 22 heavy (non-hydrogen) atoms. The molecule has 2 heterocycles. The van der Waals surface area contributed by atoms with Crippen LogP contribution in [-0.4, -0.2) is 55.9 Å². The van der Waals surface area contributed by atoms with Crippen molar-refractivity contribution in [1.82, 2.24) is 19.9 Å². The van der Waals surface area contributed by atoms with E-state index >= 15 is 0 Å². The smallest absolute Gasteiger partial charge is 0.410 e. The van der Waals surface area contributed by atoms with Crippen LogP contribution in [0.3, 0.4) is 0 Å². The Morgan fingerprint density at radius 3 is 2.59 bits per heavy atom. The van der Waals surface area contributed by atoms with Gasteiger partial charge in [0.2, 0.25) is 0 Å². The van der Waals surface area contributed by atoms with Gasteiger partial charge in [0.15, 0.2) is 0 Å². The summed E-state index contributed by atoms with van der Waals surface area (Å²) < 4.78 is 7.08. The monoisotopic (exact) mass is 310 g/mol. The third kappa shape index (κ3) is 4.69. The van der Waals surface area contributed by atoms with E-state index in [9.17, 15) is 9.90 Å². The lowest BCUT2D eigenvalue weighted by Crippen LogP contribution is -2.49. The zero-order chi connectivity index (χ0) is 16.2. The number of aromatic nitrogens is 3. The number of hydrogen-bond donors (Lipinski definition) is 1. The van der Waals surface area contributed by atoms with Crippen molar-refractivity contribution in [2.45, 2.75) is 58.3 Å². The Hall–Kier alpha value is -1.63. The van der Waals surface area contributed by atoms with E-state index in [-0.39, 0.29) is 12.2 Å². The molecule has 124 valence electrons. The summed E-state index contributed by atoms with van der Waals surface area (Å²) in [6.45, 7) is 7.53. The average molecular weight is 310 g/mol. The maximum atomic E-state index is 12.1. The highest BCUT2D eigenvalue weighted by Crippen LogP contribution is 2.24. The van der Waals surface area contributed by atoms with Crippen molar-refractivity contribution < 1.29 is 14.6 Å². The van der Waals surface area contributed by atoms with Crippen LogP contribution in [0.15, 0.2) is 12.4 Å². The number of ether oxygens (including phenoxy) is 1. The number of amides is 1. The van der Waals surface area contributed by atoms with Crippen molar-refractivity contribution in [1.29, 1.82) is 0 Å². The zero-order valence-corrected chi connectivity index (χ0v) is 13.6. The van der Waals surface area contributed by atoms with Gasteiger partial charge in [-0.05, 0) is 32.1 Å². The third-order valence-electron chi connectivity index (χ3n) is 3.99. The number of nitrogens with zero attached hydrogens (tertiary/aromatic N) is 4. The predicted octanol–water partition coefficient (Wildman–Crippen LogP) is 1.68. The Morgan fingerprint density at radius 1 is 1.36 bits per heavy atom. The quantitative estimate of drug-likeness (QED) is 0.895. The molecule has 0 aliphatic carbocycles. The summed E-state index contributed by atoms with van der Waals surface area (Å²) in [7, 11) is 0. The molecule has 1 N–H and O–H groups in total. The topological polar surface area (TPSA) is 80.5 Å². The third-order valence-corrected chi connectivity index (χ3v) is 3.99. The van der Waals surface area contributed by atoms with Gasteiger partial charge < -0.3 is 14.7 Å². The maximum absolute atomic E-state index is 12.1. The number of likely N-dealkylation sites (tertiary alicyclic amines) is 1. The number of aliphatic hydroxyl groups is 1. The fourth-order valence-electron chi connectivity index (χ4n) is 2.84. The summed E-state index contributed by atoms with van der Waals surface area (Å²) in [5.74, 6) is 0.497. The van der Waals surface area contributed by atoms with Gasteiger partial charge in [-0.3, -0.25) is 0 Å². The van der Waals surface area contributed by atoms with Crippen LogP contribution in [0.2, 0.25) is 0 Å². The molecule has 1 atom stereocenters. The van der Waals surface area contributed by atoms with Crippen molar-refractivity contribution >= 4 is 6.09 Å². The normalized spacial score (nSPS) is 19.2. The molecule has 0 radical (unpaired) electrons. The Balaban J connectivity index is 1.79. The van der Waals surface area contributed by atoms with Crippen molar-refractivity contribution in [3.05, 3.63) is 12.4 Å². The highest BCUT2D eigenvalue weighted by molar-refractivity contribution is 5.67. The maximum Gasteiger partial charge on any atom is 0.410 e. The van der Waals surface area contributed by atoms with E-state index in [1.807, 2.05) is 6.92 Å². The first-order valence-electron chi connectivity index (χ1n) is 7.90. The van der Waals surface area contributed by atoms with Crippen LogP contribution in [0.1, 0.15) is 40.0 Å². The first-order valence-corrected chi connectivity index (χ1v) is 7.90. The SMILES string of the molecule is CC(C)CC(C)OC(=O)N1CCC(O)(Cn2ccnn2)CC1. The first-order chi connectivity index (χ1) is 10.4. The lowest BCUT2D eigenvalue weighted by molar-refractivity contribution is -0.0383. The van der Waals surface area contributed by atoms with E-state index in [2.05, 4.69) is 24.2 Å². The van der Waals surface area contributed by atoms with Crippen LogP contribution in [0, 0.1) is 5.92 Å². The Labute approximate surface area is 131 Å². The fourth-order valence-corrected chi connectivity index (χ4v) is 2.84. The minimum Gasteiger partial charge on any atom is -0.446 e. The van der Waals surface area contributed by atoms with Gasteiger partial charge in [0, 0.05) is 19.3 Å². The summed E-state index contributed by atoms with van der Waals surface area (Å²) in [6.07, 6.45) is 4.84. The second-order valence-electron chi connectivity index (χ2n) is 6.64. The number of carbonyl (C=O) groups is 1. The number of carbonyl (C=O) groups excluding carboxylic acids is 1. The van der Waals surface area contributed by atoms with E-state index in [1.165, 1.54) is 0 Å². The molecule has 2 rings (SSSR count). The van der Waals surface area contributed by atoms with Gasteiger partial charge >= 0.3 is 6.09 Å². The highest BCUT2D eigenvalue weighted by Gasteiger charge is 2.35. The van der Waals surface area contributed by atoms with Crippen molar-refractivity contribution in [2.75, 3.05) is 13.1 Å². The standard InChI is InChI=1S/C15H26N4O3/c1-12(2)10-13(3)22-14(20)18-7-4-15(21,5-8-18)11-19-9-6-16-17-19/h6,9,12-13,21H,4-5,7-8,10-11H2,1-3H3. The summed E-state index contributed by atoms with van der Waals surface area (Å²) >= 11 is 0. The van der Waals surface area contributed by atoms with Gasteiger partial charge in [0.1, 0.15) is 6.10 Å². The molecule has 0 spiro atoms. The molecule has 0 saturated carbocycles. The number of piperidine rings is 1. The molecule has 0 bridgehead atoms. The molecule has 1 saturated heterocycles. The first kappa shape index (κ1) is 16.7. The van der Waals surface area contributed by atoms with Crippen LogP contribution < -0.4 is 0 Å². The molecule has 1 amide bonds. The molecular weight excluding hydrogens is 284 g/mol. The lowest BCUT2D eigenvalue weighted by atomic mass is 9.91. The van der Waals surface area contributed by atoms with Crippen LogP contribution in [-0.2, 0) is 11.3 Å². The van der Waals surface area contributed by atoms with Gasteiger partial charge in [0.25, 0.3) is 0 Å². The minimum atomic E-state index is -0.839. The van der Waals surface area contributed by atoms with Crippen molar-refractivity contribution in [3.8, 4) is 0 Å². The van der Waals surface area contributed by atoms with Gasteiger partial charge in [-0.2, -0.15) is 0 Å². The van der Waals surface area contributed by atoms with Crippen LogP contribution in [0.4, 0.5) is 4.79 Å². The Morgan fingerprint density at radius 2 is 2.05 bits per heavy atom. The second-order valence-corrected chi connectivity index (χ2v) is 6.64. The van der Waals surface area contributed by atoms with Gasteiger partial charge in [-0.15, -0.1) is 5.10 Å². The van der Waals surface area contributed by atoms with E-state index in [0.29, 0.717) is 38.4 Å². The molecule has 1 aliphatic rings. The molecule has 1 unspecified atom stereocenters. The summed E-state index contributed by atoms with van der Waals surface area (Å²) in [6, 6.07) is 0. The Kier molecular flexibility index (Phi) is 5.39. The van der Waals surface area contributed by atoms with Crippen LogP contribution in [0.5, 0.6) is 0 Å². The fraction of sp³-hybridized carbons (Fsp3) is 0.800. The molecule has 1 aromatic heterocycles. The van der Waals surface area contributed by atoms with Crippen molar-refractivity contribution in [3.63, 3.8) is 0 Å². The largest absolute Gasteiger partial charge is 0.446 e. The summed E-state index contributed by atoms with van der Waals surface area (Å²) in [4.78, 5) is 13.8. The van der Waals surface area contributed by atoms with E-state index in [0.717, 1.165) is 6.42 Å². The highest BCUT2D eigenvalue weighted by atomic mass is 16.6. The van der Waals surface area contributed by atoms with Crippen molar-refractivity contribution in [2.24, 2.45) is 5.92 Å². The zero-order valence-electron chi connectivity index (χ0n) is 13.6. The average Bonchev–Trinajstić information content (AvgIpc) is 2.90. The van der Waals surface area contributed by atoms with Gasteiger partial charge in [0.05, 0.1) is 18.3 Å².